The highest BCUT2D eigenvalue weighted by molar-refractivity contribution is 6.01. The van der Waals surface area contributed by atoms with Gasteiger partial charge in [0.15, 0.2) is 5.78 Å². The highest BCUT2D eigenvalue weighted by Gasteiger charge is 2.30. The fraction of sp³-hybridized carbons (Fsp3) is 0.833. The summed E-state index contributed by atoms with van der Waals surface area (Å²) in [5, 5.41) is 7.19. The van der Waals surface area contributed by atoms with E-state index in [0.717, 1.165) is 0 Å². The quantitative estimate of drug-likeness (QED) is 0.566. The van der Waals surface area contributed by atoms with Crippen LogP contribution in [-0.2, 0) is 4.79 Å². The summed E-state index contributed by atoms with van der Waals surface area (Å²) in [4.78, 5) is 12.2. The largest absolute Gasteiger partial charge is 0.313 e. The molecular weight excluding hydrogens is 202 g/mol. The van der Waals surface area contributed by atoms with Gasteiger partial charge in [-0.1, -0.05) is 20.8 Å². The number of hydrazone groups is 1. The number of hydrogen-bond acceptors (Lipinski definition) is 4. The van der Waals surface area contributed by atoms with Crippen LogP contribution in [-0.4, -0.2) is 30.6 Å². The van der Waals surface area contributed by atoms with Gasteiger partial charge in [-0.25, -0.2) is 0 Å². The Labute approximate surface area is 98.9 Å². The van der Waals surface area contributed by atoms with Crippen molar-refractivity contribution in [2.75, 3.05) is 7.05 Å². The topological polar surface area (TPSA) is 53.5 Å². The number of Topliss-reactive ketones (excluding diaryl/α,β-unsaturated/α-hetero) is 1. The van der Waals surface area contributed by atoms with Gasteiger partial charge >= 0.3 is 0 Å². The molecule has 0 spiro atoms. The van der Waals surface area contributed by atoms with Crippen molar-refractivity contribution in [3.05, 3.63) is 0 Å². The molecule has 0 aliphatic heterocycles. The SMILES string of the molecule is CNN=CC(NC(C)(C)C)C(=O)C(C)(C)C. The van der Waals surface area contributed by atoms with Crippen molar-refractivity contribution < 1.29 is 4.79 Å². The molecular formula is C12H25N3O. The molecule has 4 heteroatoms. The number of ketones is 1. The lowest BCUT2D eigenvalue weighted by molar-refractivity contribution is -0.127. The van der Waals surface area contributed by atoms with Crippen LogP contribution in [0.4, 0.5) is 0 Å². The van der Waals surface area contributed by atoms with E-state index in [9.17, 15) is 4.79 Å². The maximum absolute atomic E-state index is 12.2. The van der Waals surface area contributed by atoms with E-state index in [4.69, 9.17) is 0 Å². The number of carbonyl (C=O) groups excluding carboxylic acids is 1. The molecule has 0 rings (SSSR count). The van der Waals surface area contributed by atoms with Crippen molar-refractivity contribution in [1.29, 1.82) is 0 Å². The van der Waals surface area contributed by atoms with Gasteiger partial charge in [0.2, 0.25) is 0 Å². The average molecular weight is 227 g/mol. The van der Waals surface area contributed by atoms with Crippen LogP contribution >= 0.6 is 0 Å². The molecule has 4 nitrogen and oxygen atoms in total. The van der Waals surface area contributed by atoms with Gasteiger partial charge < -0.3 is 5.43 Å². The summed E-state index contributed by atoms with van der Waals surface area (Å²) >= 11 is 0. The third-order valence-electron chi connectivity index (χ3n) is 1.96. The van der Waals surface area contributed by atoms with E-state index >= 15 is 0 Å². The van der Waals surface area contributed by atoms with Gasteiger partial charge in [0.25, 0.3) is 0 Å². The van der Waals surface area contributed by atoms with Crippen molar-refractivity contribution >= 4 is 12.0 Å². The maximum Gasteiger partial charge on any atom is 0.160 e. The molecule has 0 saturated carbocycles. The van der Waals surface area contributed by atoms with Crippen molar-refractivity contribution in [1.82, 2.24) is 10.7 Å². The molecule has 94 valence electrons. The van der Waals surface area contributed by atoms with E-state index in [-0.39, 0.29) is 22.8 Å². The number of hydrogen-bond donors (Lipinski definition) is 2. The Morgan fingerprint density at radius 1 is 1.19 bits per heavy atom. The zero-order chi connectivity index (χ0) is 13.0. The average Bonchev–Trinajstić information content (AvgIpc) is 2.07. The fourth-order valence-electron chi connectivity index (χ4n) is 1.25. The first-order valence-electron chi connectivity index (χ1n) is 5.60. The van der Waals surface area contributed by atoms with E-state index in [2.05, 4.69) is 15.8 Å². The molecule has 0 aromatic rings. The molecule has 0 bridgehead atoms. The lowest BCUT2D eigenvalue weighted by Gasteiger charge is -2.29. The van der Waals surface area contributed by atoms with Gasteiger partial charge in [-0.2, -0.15) is 5.10 Å². The zero-order valence-corrected chi connectivity index (χ0v) is 11.5. The first-order chi connectivity index (χ1) is 7.08. The molecule has 1 unspecified atom stereocenters. The lowest BCUT2D eigenvalue weighted by Crippen LogP contribution is -2.51. The number of carbonyl (C=O) groups is 1. The fourth-order valence-corrected chi connectivity index (χ4v) is 1.25. The van der Waals surface area contributed by atoms with Crippen LogP contribution in [0, 0.1) is 5.41 Å². The van der Waals surface area contributed by atoms with Crippen LogP contribution in [0.2, 0.25) is 0 Å². The molecule has 0 amide bonds. The van der Waals surface area contributed by atoms with Crippen LogP contribution in [0.1, 0.15) is 41.5 Å². The molecule has 2 N–H and O–H groups in total. The van der Waals surface area contributed by atoms with Crippen LogP contribution in [0.15, 0.2) is 5.10 Å². The van der Waals surface area contributed by atoms with Gasteiger partial charge in [-0.3, -0.25) is 10.1 Å². The summed E-state index contributed by atoms with van der Waals surface area (Å²) in [6.07, 6.45) is 1.62. The molecule has 0 aliphatic rings. The second-order valence-electron chi connectivity index (χ2n) is 5.99. The Morgan fingerprint density at radius 2 is 1.69 bits per heavy atom. The first-order valence-corrected chi connectivity index (χ1v) is 5.60. The highest BCUT2D eigenvalue weighted by atomic mass is 16.1. The number of nitrogens with one attached hydrogen (secondary N) is 2. The minimum absolute atomic E-state index is 0.120. The second kappa shape index (κ2) is 5.43. The van der Waals surface area contributed by atoms with Crippen LogP contribution < -0.4 is 10.7 Å². The maximum atomic E-state index is 12.2. The Morgan fingerprint density at radius 3 is 2.00 bits per heavy atom. The van der Waals surface area contributed by atoms with E-state index in [1.807, 2.05) is 41.5 Å². The molecule has 0 aromatic heterocycles. The third-order valence-corrected chi connectivity index (χ3v) is 1.96. The second-order valence-corrected chi connectivity index (χ2v) is 5.99. The summed E-state index contributed by atoms with van der Waals surface area (Å²) in [5.74, 6) is 0.140. The predicted molar refractivity (Wildman–Crippen MR) is 68.7 cm³/mol. The molecule has 0 saturated heterocycles. The van der Waals surface area contributed by atoms with E-state index in [0.29, 0.717) is 0 Å². The summed E-state index contributed by atoms with van der Waals surface area (Å²) < 4.78 is 0. The summed E-state index contributed by atoms with van der Waals surface area (Å²) in [6, 6.07) is -0.354. The van der Waals surface area contributed by atoms with Crippen molar-refractivity contribution in [2.45, 2.75) is 53.1 Å². The van der Waals surface area contributed by atoms with Gasteiger partial charge in [0.1, 0.15) is 6.04 Å². The van der Waals surface area contributed by atoms with Crippen LogP contribution in [0.5, 0.6) is 0 Å². The Hall–Kier alpha value is -0.900. The van der Waals surface area contributed by atoms with Gasteiger partial charge in [0.05, 0.1) is 0 Å². The molecule has 0 radical (unpaired) electrons. The Bertz CT molecular complexity index is 258. The minimum Gasteiger partial charge on any atom is -0.313 e. The monoisotopic (exact) mass is 227 g/mol. The standard InChI is InChI=1S/C12H25N3O/c1-11(2,3)10(16)9(8-14-13-7)15-12(4,5)6/h8-9,13,15H,1-7H3. The first kappa shape index (κ1) is 15.1. The summed E-state index contributed by atoms with van der Waals surface area (Å²) in [7, 11) is 1.71. The number of rotatable bonds is 4. The van der Waals surface area contributed by atoms with Crippen molar-refractivity contribution in [3.8, 4) is 0 Å². The minimum atomic E-state index is -0.372. The number of nitrogens with zero attached hydrogens (tertiary/aromatic N) is 1. The summed E-state index contributed by atoms with van der Waals surface area (Å²) in [6.45, 7) is 11.8. The van der Waals surface area contributed by atoms with Crippen LogP contribution in [0.25, 0.3) is 0 Å². The highest BCUT2D eigenvalue weighted by Crippen LogP contribution is 2.17. The van der Waals surface area contributed by atoms with Gasteiger partial charge in [-0.05, 0) is 20.8 Å². The van der Waals surface area contributed by atoms with Gasteiger partial charge in [0, 0.05) is 24.2 Å². The Balaban J connectivity index is 4.82. The Kier molecular flexibility index (Phi) is 5.13. The molecule has 1 atom stereocenters. The third kappa shape index (κ3) is 5.85. The van der Waals surface area contributed by atoms with E-state index in [1.165, 1.54) is 0 Å². The molecule has 16 heavy (non-hydrogen) atoms. The van der Waals surface area contributed by atoms with E-state index in [1.54, 1.807) is 13.3 Å². The normalized spacial score (nSPS) is 15.2. The molecule has 0 aromatic carbocycles. The molecule has 0 fully saturated rings. The van der Waals surface area contributed by atoms with Crippen molar-refractivity contribution in [2.24, 2.45) is 10.5 Å². The van der Waals surface area contributed by atoms with Crippen molar-refractivity contribution in [3.63, 3.8) is 0 Å². The van der Waals surface area contributed by atoms with Crippen LogP contribution in [0.3, 0.4) is 0 Å². The van der Waals surface area contributed by atoms with Gasteiger partial charge in [-0.15, -0.1) is 0 Å². The molecule has 0 heterocycles. The smallest absolute Gasteiger partial charge is 0.160 e. The van der Waals surface area contributed by atoms with E-state index < -0.39 is 0 Å². The predicted octanol–water partition coefficient (Wildman–Crippen LogP) is 1.56. The molecule has 0 aliphatic carbocycles. The lowest BCUT2D eigenvalue weighted by atomic mass is 9.86. The zero-order valence-electron chi connectivity index (χ0n) is 11.5. The summed E-state index contributed by atoms with van der Waals surface area (Å²) in [5.41, 5.74) is 2.18.